The Morgan fingerprint density at radius 1 is 0.700 bits per heavy atom. The second kappa shape index (κ2) is 6.25. The molecule has 0 saturated heterocycles. The Labute approximate surface area is 170 Å². The molecule has 1 heterocycles. The topological polar surface area (TPSA) is 62.6 Å². The summed E-state index contributed by atoms with van der Waals surface area (Å²) >= 11 is 0. The van der Waals surface area contributed by atoms with E-state index in [4.69, 9.17) is 19.7 Å². The summed E-state index contributed by atoms with van der Waals surface area (Å²) in [4.78, 5) is 19.5. The predicted molar refractivity (Wildman–Crippen MR) is 116 cm³/mol. The summed E-state index contributed by atoms with van der Waals surface area (Å²) in [5.74, 6) is 0. The molecular formula is C24H8N6. The maximum Gasteiger partial charge on any atom is 0.202 e. The van der Waals surface area contributed by atoms with Crippen molar-refractivity contribution in [1.29, 1.82) is 5.26 Å². The van der Waals surface area contributed by atoms with Crippen LogP contribution in [-0.4, -0.2) is 9.97 Å². The van der Waals surface area contributed by atoms with Crippen molar-refractivity contribution < 1.29 is 0 Å². The Hall–Kier alpha value is -5.04. The third-order valence-electron chi connectivity index (χ3n) is 5.24. The van der Waals surface area contributed by atoms with Crippen LogP contribution in [0, 0.1) is 31.0 Å². The third-order valence-corrected chi connectivity index (χ3v) is 5.24. The second-order valence-electron chi connectivity index (χ2n) is 6.58. The largest absolute Gasteiger partial charge is 0.262 e. The highest BCUT2D eigenvalue weighted by atomic mass is 14.8. The van der Waals surface area contributed by atoms with E-state index < -0.39 is 0 Å². The van der Waals surface area contributed by atoms with Crippen molar-refractivity contribution in [2.45, 2.75) is 0 Å². The predicted octanol–water partition coefficient (Wildman–Crippen LogP) is 6.61. The molecule has 0 saturated carbocycles. The summed E-state index contributed by atoms with van der Waals surface area (Å²) in [7, 11) is 0. The van der Waals surface area contributed by atoms with Crippen LogP contribution in [0.25, 0.3) is 57.9 Å². The first-order valence-electron chi connectivity index (χ1n) is 8.85. The van der Waals surface area contributed by atoms with Gasteiger partial charge in [-0.15, -0.1) is 0 Å². The van der Waals surface area contributed by atoms with Crippen LogP contribution in [0.15, 0.2) is 48.8 Å². The van der Waals surface area contributed by atoms with E-state index in [9.17, 15) is 5.26 Å². The zero-order valence-electron chi connectivity index (χ0n) is 15.3. The maximum atomic E-state index is 9.91. The monoisotopic (exact) mass is 380 g/mol. The Morgan fingerprint density at radius 2 is 1.37 bits per heavy atom. The van der Waals surface area contributed by atoms with E-state index in [1.54, 1.807) is 6.20 Å². The third kappa shape index (κ3) is 2.02. The molecule has 6 heteroatoms. The zero-order valence-corrected chi connectivity index (χ0v) is 15.3. The number of benzene rings is 4. The van der Waals surface area contributed by atoms with Gasteiger partial charge in [-0.05, 0) is 21.5 Å². The van der Waals surface area contributed by atoms with Crippen LogP contribution in [0.4, 0.5) is 17.1 Å². The number of hydrogen-bond acceptors (Lipinski definition) is 3. The number of aromatic nitrogens is 2. The molecule has 0 fully saturated rings. The zero-order chi connectivity index (χ0) is 20.8. The van der Waals surface area contributed by atoms with E-state index >= 15 is 0 Å². The number of rotatable bonds is 0. The number of nitriles is 1. The van der Waals surface area contributed by atoms with Gasteiger partial charge in [0.2, 0.25) is 11.4 Å². The van der Waals surface area contributed by atoms with Crippen LogP contribution < -0.4 is 0 Å². The normalized spacial score (nSPS) is 10.5. The molecule has 0 radical (unpaired) electrons. The molecule has 6 nitrogen and oxygen atoms in total. The highest BCUT2D eigenvalue weighted by Gasteiger charge is 2.25. The summed E-state index contributed by atoms with van der Waals surface area (Å²) in [6.07, 6.45) is 3.11. The van der Waals surface area contributed by atoms with Gasteiger partial charge in [-0.3, -0.25) is 24.5 Å². The summed E-state index contributed by atoms with van der Waals surface area (Å²) in [6.45, 7) is 22.9. The van der Waals surface area contributed by atoms with Gasteiger partial charge in [0.15, 0.2) is 5.69 Å². The van der Waals surface area contributed by atoms with Gasteiger partial charge < -0.3 is 0 Å². The van der Waals surface area contributed by atoms with E-state index in [1.807, 2.05) is 36.4 Å². The summed E-state index contributed by atoms with van der Waals surface area (Å²) < 4.78 is 0. The van der Waals surface area contributed by atoms with E-state index in [1.165, 1.54) is 6.20 Å². The van der Waals surface area contributed by atoms with Crippen LogP contribution >= 0.6 is 0 Å². The fourth-order valence-electron chi connectivity index (χ4n) is 4.08. The number of fused-ring (bicyclic) bond motifs is 8. The Kier molecular flexibility index (Phi) is 3.56. The van der Waals surface area contributed by atoms with Crippen LogP contribution in [0.2, 0.25) is 0 Å². The van der Waals surface area contributed by atoms with E-state index in [0.29, 0.717) is 27.2 Å². The van der Waals surface area contributed by atoms with Gasteiger partial charge in [-0.2, -0.15) is 5.26 Å². The first-order chi connectivity index (χ1) is 14.7. The van der Waals surface area contributed by atoms with Crippen molar-refractivity contribution in [2.75, 3.05) is 0 Å². The van der Waals surface area contributed by atoms with Crippen LogP contribution in [-0.2, 0) is 0 Å². The van der Waals surface area contributed by atoms with Gasteiger partial charge >= 0.3 is 0 Å². The molecule has 0 amide bonds. The first kappa shape index (κ1) is 17.1. The molecule has 134 valence electrons. The van der Waals surface area contributed by atoms with Gasteiger partial charge in [0.05, 0.1) is 42.4 Å². The van der Waals surface area contributed by atoms with Gasteiger partial charge in [0, 0.05) is 23.2 Å². The molecule has 30 heavy (non-hydrogen) atoms. The van der Waals surface area contributed by atoms with Crippen molar-refractivity contribution in [3.8, 4) is 6.07 Å². The lowest BCUT2D eigenvalue weighted by molar-refractivity contribution is 1.31. The van der Waals surface area contributed by atoms with Crippen molar-refractivity contribution in [3.63, 3.8) is 0 Å². The van der Waals surface area contributed by atoms with Crippen LogP contribution in [0.5, 0.6) is 0 Å². The van der Waals surface area contributed by atoms with Gasteiger partial charge in [0.25, 0.3) is 0 Å². The molecule has 0 bridgehead atoms. The van der Waals surface area contributed by atoms with Crippen molar-refractivity contribution in [1.82, 2.24) is 9.97 Å². The minimum atomic E-state index is -0.113. The van der Waals surface area contributed by atoms with Crippen molar-refractivity contribution in [2.24, 2.45) is 0 Å². The van der Waals surface area contributed by atoms with Gasteiger partial charge in [-0.25, -0.2) is 0 Å². The molecule has 4 aromatic carbocycles. The molecule has 0 spiro atoms. The second-order valence-corrected chi connectivity index (χ2v) is 6.58. The summed E-state index contributed by atoms with van der Waals surface area (Å²) in [6, 6.07) is 13.7. The number of hydrogen-bond donors (Lipinski definition) is 0. The summed E-state index contributed by atoms with van der Waals surface area (Å²) in [5, 5.41) is 14.2. The molecule has 5 rings (SSSR count). The molecule has 1 aromatic heterocycles. The molecule has 0 atom stereocenters. The Bertz CT molecular complexity index is 1740. The minimum Gasteiger partial charge on any atom is -0.262 e. The van der Waals surface area contributed by atoms with Crippen LogP contribution in [0.3, 0.4) is 0 Å². The molecule has 0 aliphatic rings. The van der Waals surface area contributed by atoms with E-state index in [-0.39, 0.29) is 22.6 Å². The molecule has 0 N–H and O–H groups in total. The maximum absolute atomic E-state index is 9.91. The molecule has 0 unspecified atom stereocenters. The van der Waals surface area contributed by atoms with Gasteiger partial charge in [-0.1, -0.05) is 36.4 Å². The minimum absolute atomic E-state index is 0.0546. The van der Waals surface area contributed by atoms with Crippen LogP contribution in [0.1, 0.15) is 5.56 Å². The fraction of sp³-hybridized carbons (Fsp3) is 0. The first-order valence-corrected chi connectivity index (χ1v) is 8.85. The van der Waals surface area contributed by atoms with Crippen molar-refractivity contribution >= 4 is 60.4 Å². The summed E-state index contributed by atoms with van der Waals surface area (Å²) in [5.41, 5.74) is 0.951. The van der Waals surface area contributed by atoms with Gasteiger partial charge in [0.1, 0.15) is 0 Å². The van der Waals surface area contributed by atoms with E-state index in [0.717, 1.165) is 16.2 Å². The molecular weight excluding hydrogens is 372 g/mol. The quantitative estimate of drug-likeness (QED) is 0.224. The smallest absolute Gasteiger partial charge is 0.202 e. The Balaban J connectivity index is 2.30. The lowest BCUT2D eigenvalue weighted by Crippen LogP contribution is -1.93. The Morgan fingerprint density at radius 3 is 2.03 bits per heavy atom. The highest BCUT2D eigenvalue weighted by molar-refractivity contribution is 6.34. The average molecular weight is 380 g/mol. The highest BCUT2D eigenvalue weighted by Crippen LogP contribution is 2.51. The van der Waals surface area contributed by atoms with E-state index in [2.05, 4.69) is 30.6 Å². The lowest BCUT2D eigenvalue weighted by atomic mass is 9.91. The SMILES string of the molecule is [C-]#[N+]c1c([N+]#[C-])c(C#N)c2c3nccnc3c3c4ccccc4ccc3c2c1[N+]#[C-]. The molecule has 0 aliphatic heterocycles. The standard InChI is InChI=1S/C24H8N6/c1-26-20-16(12-25)19-18(21(27-2)24(20)28-3)15-9-8-13-6-4-5-7-14(13)17(15)22-23(19)30-11-10-29-22/h4-11H. The fourth-order valence-corrected chi connectivity index (χ4v) is 4.08. The van der Waals surface area contributed by atoms with Crippen molar-refractivity contribution in [3.05, 3.63) is 88.6 Å². The number of nitrogens with zero attached hydrogens (tertiary/aromatic N) is 6. The molecule has 5 aromatic rings. The lowest BCUT2D eigenvalue weighted by Gasteiger charge is -2.15. The average Bonchev–Trinajstić information content (AvgIpc) is 2.81. The molecule has 0 aliphatic carbocycles.